The van der Waals surface area contributed by atoms with Crippen LogP contribution in [0.2, 0.25) is 0 Å². The van der Waals surface area contributed by atoms with Gasteiger partial charge in [0, 0.05) is 23.3 Å². The second-order valence-electron chi connectivity index (χ2n) is 7.68. The molecular weight excluding hydrogens is 360 g/mol. The number of carbonyl (C=O) groups is 1. The van der Waals surface area contributed by atoms with Gasteiger partial charge in [-0.15, -0.1) is 0 Å². The minimum Gasteiger partial charge on any atom is -0.383 e. The van der Waals surface area contributed by atoms with Crippen LogP contribution in [0.5, 0.6) is 0 Å². The summed E-state index contributed by atoms with van der Waals surface area (Å²) in [5.74, 6) is 0.651. The number of amidine groups is 1. The van der Waals surface area contributed by atoms with Crippen molar-refractivity contribution in [3.63, 3.8) is 0 Å². The third-order valence-electron chi connectivity index (χ3n) is 5.87. The van der Waals surface area contributed by atoms with Crippen molar-refractivity contribution < 1.29 is 4.79 Å². The van der Waals surface area contributed by atoms with E-state index in [1.807, 2.05) is 54.3 Å². The van der Waals surface area contributed by atoms with E-state index in [0.717, 1.165) is 46.5 Å². The number of carbonyl (C=O) groups excluding carboxylic acids is 1. The van der Waals surface area contributed by atoms with E-state index in [4.69, 9.17) is 5.73 Å². The number of allylic oxidation sites excluding steroid dienone is 3. The summed E-state index contributed by atoms with van der Waals surface area (Å²) < 4.78 is 0. The molecule has 0 saturated carbocycles. The van der Waals surface area contributed by atoms with Gasteiger partial charge in [-0.1, -0.05) is 42.0 Å². The number of aryl methyl sites for hydroxylation is 1. The molecule has 0 aromatic heterocycles. The molecular formula is C24H20N4O. The molecule has 29 heavy (non-hydrogen) atoms. The molecule has 0 bridgehead atoms. The van der Waals surface area contributed by atoms with Gasteiger partial charge < -0.3 is 5.73 Å². The minimum absolute atomic E-state index is 0.115. The van der Waals surface area contributed by atoms with Crippen molar-refractivity contribution in [2.24, 2.45) is 10.7 Å². The summed E-state index contributed by atoms with van der Waals surface area (Å²) in [4.78, 5) is 19.8. The van der Waals surface area contributed by atoms with Crippen LogP contribution in [0.15, 0.2) is 76.2 Å². The van der Waals surface area contributed by atoms with E-state index in [2.05, 4.69) is 17.1 Å². The summed E-state index contributed by atoms with van der Waals surface area (Å²) in [5.41, 5.74) is 12.2. The van der Waals surface area contributed by atoms with Gasteiger partial charge >= 0.3 is 0 Å². The third-order valence-corrected chi connectivity index (χ3v) is 5.87. The first-order valence-electron chi connectivity index (χ1n) is 9.81. The van der Waals surface area contributed by atoms with Crippen molar-refractivity contribution in [3.8, 4) is 6.07 Å². The Morgan fingerprint density at radius 3 is 2.79 bits per heavy atom. The maximum atomic E-state index is 13.1. The topological polar surface area (TPSA) is 82.5 Å². The van der Waals surface area contributed by atoms with Gasteiger partial charge in [-0.2, -0.15) is 5.26 Å². The fourth-order valence-corrected chi connectivity index (χ4v) is 4.66. The Morgan fingerprint density at radius 1 is 1.17 bits per heavy atom. The first-order valence-corrected chi connectivity index (χ1v) is 9.81. The highest BCUT2D eigenvalue weighted by molar-refractivity contribution is 6.08. The summed E-state index contributed by atoms with van der Waals surface area (Å²) in [7, 11) is 0. The van der Waals surface area contributed by atoms with E-state index in [-0.39, 0.29) is 5.78 Å². The van der Waals surface area contributed by atoms with E-state index in [9.17, 15) is 10.1 Å². The molecule has 2 aliphatic heterocycles. The zero-order chi connectivity index (χ0) is 20.1. The minimum atomic E-state index is -0.407. The lowest BCUT2D eigenvalue weighted by atomic mass is 9.75. The van der Waals surface area contributed by atoms with Crippen LogP contribution in [0.25, 0.3) is 0 Å². The van der Waals surface area contributed by atoms with Crippen molar-refractivity contribution in [1.82, 2.24) is 0 Å². The van der Waals surface area contributed by atoms with Gasteiger partial charge in [0.1, 0.15) is 5.84 Å². The SMILES string of the molecule is Cc1cccc([C@H]2C(C#N)=C3N=C(N)c4ccccc4N3C3=C2C(=O)CCC3)c1. The molecule has 0 spiro atoms. The van der Waals surface area contributed by atoms with Crippen LogP contribution in [0.1, 0.15) is 41.9 Å². The summed E-state index contributed by atoms with van der Waals surface area (Å²) in [5, 5.41) is 10.2. The standard InChI is InChI=1S/C24H20N4O/c1-14-6-4-7-15(12-14)21-17(13-25)24-27-23(26)16-8-2-3-9-18(16)28(24)19-10-5-11-20(29)22(19)21/h2-4,6-9,12,21H,5,10-11H2,1H3,(H2,26,27)/t21-/m0/s1. The number of Topliss-reactive ketones (excluding diaryl/α,β-unsaturated/α-hetero) is 1. The number of nitrogens with two attached hydrogens (primary N) is 1. The number of hydrogen-bond donors (Lipinski definition) is 1. The molecule has 2 N–H and O–H groups in total. The third kappa shape index (κ3) is 2.53. The first-order chi connectivity index (χ1) is 14.1. The van der Waals surface area contributed by atoms with E-state index in [1.54, 1.807) is 0 Å². The van der Waals surface area contributed by atoms with E-state index < -0.39 is 5.92 Å². The summed E-state index contributed by atoms with van der Waals surface area (Å²) in [6.45, 7) is 2.02. The summed E-state index contributed by atoms with van der Waals surface area (Å²) in [6, 6.07) is 18.2. The van der Waals surface area contributed by atoms with Crippen LogP contribution in [-0.2, 0) is 4.79 Å². The monoisotopic (exact) mass is 380 g/mol. The Balaban J connectivity index is 1.84. The molecule has 0 amide bonds. The molecule has 0 saturated heterocycles. The molecule has 0 radical (unpaired) electrons. The van der Waals surface area contributed by atoms with E-state index in [1.165, 1.54) is 0 Å². The number of nitriles is 1. The highest BCUT2D eigenvalue weighted by Crippen LogP contribution is 2.49. The van der Waals surface area contributed by atoms with Gasteiger partial charge in [-0.05, 0) is 37.5 Å². The lowest BCUT2D eigenvalue weighted by molar-refractivity contribution is -0.116. The highest BCUT2D eigenvalue weighted by Gasteiger charge is 2.42. The Morgan fingerprint density at radius 2 is 2.00 bits per heavy atom. The molecule has 142 valence electrons. The molecule has 0 fully saturated rings. The molecule has 2 aromatic rings. The number of para-hydroxylation sites is 1. The number of fused-ring (bicyclic) bond motifs is 4. The quantitative estimate of drug-likeness (QED) is 0.809. The van der Waals surface area contributed by atoms with Gasteiger partial charge in [0.15, 0.2) is 11.6 Å². The number of aliphatic imine (C=N–C) groups is 1. The maximum absolute atomic E-state index is 13.1. The Bertz CT molecular complexity index is 1200. The predicted octanol–water partition coefficient (Wildman–Crippen LogP) is 4.06. The van der Waals surface area contributed by atoms with Crippen LogP contribution in [0, 0.1) is 18.3 Å². The van der Waals surface area contributed by atoms with E-state index in [0.29, 0.717) is 23.7 Å². The molecule has 3 aliphatic rings. The zero-order valence-electron chi connectivity index (χ0n) is 16.1. The van der Waals surface area contributed by atoms with Crippen molar-refractivity contribution in [2.45, 2.75) is 32.1 Å². The van der Waals surface area contributed by atoms with E-state index >= 15 is 0 Å². The molecule has 0 unspecified atom stereocenters. The molecule has 2 aromatic carbocycles. The predicted molar refractivity (Wildman–Crippen MR) is 112 cm³/mol. The number of ketones is 1. The number of rotatable bonds is 1. The second kappa shape index (κ2) is 6.46. The largest absolute Gasteiger partial charge is 0.383 e. The first kappa shape index (κ1) is 17.4. The van der Waals surface area contributed by atoms with Crippen LogP contribution >= 0.6 is 0 Å². The normalized spacial score (nSPS) is 20.6. The van der Waals surface area contributed by atoms with Gasteiger partial charge in [0.2, 0.25) is 0 Å². The number of nitrogens with zero attached hydrogens (tertiary/aromatic N) is 3. The summed E-state index contributed by atoms with van der Waals surface area (Å²) in [6.07, 6.45) is 2.08. The Kier molecular flexibility index (Phi) is 3.88. The van der Waals surface area contributed by atoms with Crippen LogP contribution < -0.4 is 10.6 Å². The van der Waals surface area contributed by atoms with Gasteiger partial charge in [-0.3, -0.25) is 9.69 Å². The molecule has 5 rings (SSSR count). The molecule has 1 aliphatic carbocycles. The number of anilines is 1. The molecule has 1 atom stereocenters. The Hall–Kier alpha value is -3.65. The average molecular weight is 380 g/mol. The van der Waals surface area contributed by atoms with Crippen molar-refractivity contribution >= 4 is 17.3 Å². The fraction of sp³-hybridized carbons (Fsp3) is 0.208. The van der Waals surface area contributed by atoms with Crippen LogP contribution in [0.3, 0.4) is 0 Å². The Labute approximate surface area is 169 Å². The molecule has 2 heterocycles. The van der Waals surface area contributed by atoms with Crippen molar-refractivity contribution in [1.29, 1.82) is 5.26 Å². The number of hydrogen-bond acceptors (Lipinski definition) is 5. The lowest BCUT2D eigenvalue weighted by Crippen LogP contribution is -2.39. The molecule has 5 nitrogen and oxygen atoms in total. The van der Waals surface area contributed by atoms with Gasteiger partial charge in [0.05, 0.1) is 23.2 Å². The number of benzene rings is 2. The average Bonchev–Trinajstić information content (AvgIpc) is 2.73. The van der Waals surface area contributed by atoms with Gasteiger partial charge in [0.25, 0.3) is 0 Å². The highest BCUT2D eigenvalue weighted by atomic mass is 16.1. The van der Waals surface area contributed by atoms with Crippen molar-refractivity contribution in [3.05, 3.63) is 87.9 Å². The van der Waals surface area contributed by atoms with Gasteiger partial charge in [-0.25, -0.2) is 4.99 Å². The van der Waals surface area contributed by atoms with Crippen molar-refractivity contribution in [2.75, 3.05) is 4.90 Å². The maximum Gasteiger partial charge on any atom is 0.161 e. The lowest BCUT2D eigenvalue weighted by Gasteiger charge is -2.41. The molecule has 5 heteroatoms. The van der Waals surface area contributed by atoms with Crippen LogP contribution in [0.4, 0.5) is 5.69 Å². The zero-order valence-corrected chi connectivity index (χ0v) is 16.1. The second-order valence-corrected chi connectivity index (χ2v) is 7.68. The smallest absolute Gasteiger partial charge is 0.161 e. The van der Waals surface area contributed by atoms with Crippen LogP contribution in [-0.4, -0.2) is 11.6 Å². The fourth-order valence-electron chi connectivity index (χ4n) is 4.66. The summed E-state index contributed by atoms with van der Waals surface area (Å²) >= 11 is 0.